The molecule has 2 rings (SSSR count). The lowest BCUT2D eigenvalue weighted by atomic mass is 9.82. The van der Waals surface area contributed by atoms with Gasteiger partial charge in [0, 0.05) is 6.54 Å². The van der Waals surface area contributed by atoms with Crippen LogP contribution < -0.4 is 5.32 Å². The molecule has 0 aromatic carbocycles. The molecule has 0 spiro atoms. The lowest BCUT2D eigenvalue weighted by molar-refractivity contribution is 0.274. The van der Waals surface area contributed by atoms with E-state index in [1.807, 2.05) is 6.07 Å². The van der Waals surface area contributed by atoms with Gasteiger partial charge in [-0.2, -0.15) is 0 Å². The van der Waals surface area contributed by atoms with Crippen LogP contribution in [0.2, 0.25) is 0 Å². The summed E-state index contributed by atoms with van der Waals surface area (Å²) in [5.41, 5.74) is 1.34. The third kappa shape index (κ3) is 2.75. The number of anilines is 1. The molecule has 0 fully saturated rings. The average molecular weight is 249 g/mol. The molecule has 0 aliphatic rings. The van der Waals surface area contributed by atoms with Crippen LogP contribution in [0.3, 0.4) is 0 Å². The molecule has 4 heteroatoms. The van der Waals surface area contributed by atoms with Crippen molar-refractivity contribution in [1.82, 2.24) is 9.97 Å². The Morgan fingerprint density at radius 2 is 2.12 bits per heavy atom. The number of nitrogens with one attached hydrogen (secondary N) is 1. The molecule has 0 aliphatic carbocycles. The molecule has 17 heavy (non-hydrogen) atoms. The first kappa shape index (κ1) is 12.3. The number of fused-ring (bicyclic) bond motifs is 1. The molecule has 2 aromatic rings. The first-order chi connectivity index (χ1) is 7.98. The van der Waals surface area contributed by atoms with Gasteiger partial charge in [-0.25, -0.2) is 9.97 Å². The van der Waals surface area contributed by atoms with Crippen molar-refractivity contribution in [2.24, 2.45) is 11.3 Å². The van der Waals surface area contributed by atoms with E-state index in [0.717, 1.165) is 22.6 Å². The van der Waals surface area contributed by atoms with Crippen LogP contribution in [-0.4, -0.2) is 16.5 Å². The van der Waals surface area contributed by atoms with Gasteiger partial charge in [0.1, 0.15) is 12.1 Å². The second-order valence-electron chi connectivity index (χ2n) is 5.51. The van der Waals surface area contributed by atoms with Crippen LogP contribution in [0, 0.1) is 11.3 Å². The number of nitrogens with zero attached hydrogens (tertiary/aromatic N) is 2. The van der Waals surface area contributed by atoms with Crippen molar-refractivity contribution in [2.45, 2.75) is 27.7 Å². The molecule has 92 valence electrons. The predicted octanol–water partition coefficient (Wildman–Crippen LogP) is 3.79. The van der Waals surface area contributed by atoms with Crippen LogP contribution in [0.1, 0.15) is 27.7 Å². The van der Waals surface area contributed by atoms with Crippen LogP contribution in [0.25, 0.3) is 10.2 Å². The Labute approximate surface area is 106 Å². The van der Waals surface area contributed by atoms with E-state index in [9.17, 15) is 0 Å². The molecule has 0 amide bonds. The van der Waals surface area contributed by atoms with Gasteiger partial charge < -0.3 is 5.32 Å². The molecule has 0 saturated heterocycles. The quantitative estimate of drug-likeness (QED) is 0.899. The largest absolute Gasteiger partial charge is 0.368 e. The van der Waals surface area contributed by atoms with Gasteiger partial charge in [-0.1, -0.05) is 27.7 Å². The van der Waals surface area contributed by atoms with Crippen LogP contribution in [0.4, 0.5) is 5.82 Å². The maximum absolute atomic E-state index is 4.32. The highest BCUT2D eigenvalue weighted by molar-refractivity contribution is 7.17. The summed E-state index contributed by atoms with van der Waals surface area (Å²) in [5, 5.41) is 5.49. The van der Waals surface area contributed by atoms with Gasteiger partial charge in [0.2, 0.25) is 0 Å². The van der Waals surface area contributed by atoms with E-state index in [4.69, 9.17) is 0 Å². The van der Waals surface area contributed by atoms with Gasteiger partial charge in [-0.3, -0.25) is 0 Å². The van der Waals surface area contributed by atoms with Crippen molar-refractivity contribution in [3.63, 3.8) is 0 Å². The molecule has 0 aliphatic heterocycles. The summed E-state index contributed by atoms with van der Waals surface area (Å²) >= 11 is 1.69. The molecule has 1 unspecified atom stereocenters. The Morgan fingerprint density at radius 3 is 2.82 bits per heavy atom. The number of aromatic nitrogens is 2. The van der Waals surface area contributed by atoms with Crippen LogP contribution in [0.15, 0.2) is 17.8 Å². The van der Waals surface area contributed by atoms with Gasteiger partial charge in [-0.15, -0.1) is 11.3 Å². The lowest BCUT2D eigenvalue weighted by Crippen LogP contribution is -2.25. The molecule has 0 bridgehead atoms. The SMILES string of the molecule is CC(CNc1ncnc2ccsc12)C(C)(C)C. The zero-order chi connectivity index (χ0) is 12.5. The first-order valence-corrected chi connectivity index (χ1v) is 6.78. The van der Waals surface area contributed by atoms with Crippen molar-refractivity contribution < 1.29 is 0 Å². The Balaban J connectivity index is 2.12. The lowest BCUT2D eigenvalue weighted by Gasteiger charge is -2.27. The molecule has 0 radical (unpaired) electrons. The molecular formula is C13H19N3S. The third-order valence-electron chi connectivity index (χ3n) is 3.30. The third-order valence-corrected chi connectivity index (χ3v) is 4.21. The van der Waals surface area contributed by atoms with Gasteiger partial charge >= 0.3 is 0 Å². The molecule has 1 atom stereocenters. The minimum Gasteiger partial charge on any atom is -0.368 e. The summed E-state index contributed by atoms with van der Waals surface area (Å²) in [4.78, 5) is 8.56. The summed E-state index contributed by atoms with van der Waals surface area (Å²) in [5.74, 6) is 1.55. The van der Waals surface area contributed by atoms with E-state index in [1.165, 1.54) is 0 Å². The van der Waals surface area contributed by atoms with Crippen LogP contribution in [-0.2, 0) is 0 Å². The van der Waals surface area contributed by atoms with Crippen LogP contribution in [0.5, 0.6) is 0 Å². The normalized spacial score (nSPS) is 13.9. The van der Waals surface area contributed by atoms with Crippen molar-refractivity contribution >= 4 is 27.4 Å². The van der Waals surface area contributed by atoms with Crippen molar-refractivity contribution in [3.8, 4) is 0 Å². The predicted molar refractivity (Wildman–Crippen MR) is 74.5 cm³/mol. The van der Waals surface area contributed by atoms with E-state index >= 15 is 0 Å². The highest BCUT2D eigenvalue weighted by Crippen LogP contribution is 2.28. The number of rotatable bonds is 3. The maximum atomic E-state index is 4.32. The Kier molecular flexibility index (Phi) is 3.33. The fourth-order valence-electron chi connectivity index (χ4n) is 1.47. The zero-order valence-electron chi connectivity index (χ0n) is 10.8. The smallest absolute Gasteiger partial charge is 0.147 e. The van der Waals surface area contributed by atoms with Gasteiger partial charge in [-0.05, 0) is 22.8 Å². The van der Waals surface area contributed by atoms with Crippen LogP contribution >= 0.6 is 11.3 Å². The number of thiophene rings is 1. The summed E-state index contributed by atoms with van der Waals surface area (Å²) in [7, 11) is 0. The Hall–Kier alpha value is -1.16. The van der Waals surface area contributed by atoms with E-state index < -0.39 is 0 Å². The summed E-state index contributed by atoms with van der Waals surface area (Å²) in [6, 6.07) is 2.03. The van der Waals surface area contributed by atoms with E-state index in [1.54, 1.807) is 17.7 Å². The molecule has 3 nitrogen and oxygen atoms in total. The second kappa shape index (κ2) is 4.61. The van der Waals surface area contributed by atoms with Gasteiger partial charge in [0.05, 0.1) is 10.2 Å². The van der Waals surface area contributed by atoms with Crippen molar-refractivity contribution in [3.05, 3.63) is 17.8 Å². The first-order valence-electron chi connectivity index (χ1n) is 5.90. The molecule has 0 saturated carbocycles. The summed E-state index contributed by atoms with van der Waals surface area (Å²) in [6.45, 7) is 9.99. The number of hydrogen-bond acceptors (Lipinski definition) is 4. The second-order valence-corrected chi connectivity index (χ2v) is 6.42. The molecule has 2 aromatic heterocycles. The minimum absolute atomic E-state index is 0.314. The van der Waals surface area contributed by atoms with E-state index in [0.29, 0.717) is 11.3 Å². The molecule has 1 N–H and O–H groups in total. The Morgan fingerprint density at radius 1 is 1.35 bits per heavy atom. The fraction of sp³-hybridized carbons (Fsp3) is 0.538. The van der Waals surface area contributed by atoms with Gasteiger partial charge in [0.15, 0.2) is 0 Å². The topological polar surface area (TPSA) is 37.8 Å². The summed E-state index contributed by atoms with van der Waals surface area (Å²) < 4.78 is 1.15. The monoisotopic (exact) mass is 249 g/mol. The average Bonchev–Trinajstić information content (AvgIpc) is 2.72. The highest BCUT2D eigenvalue weighted by atomic mass is 32.1. The molecular weight excluding hydrogens is 230 g/mol. The highest BCUT2D eigenvalue weighted by Gasteiger charge is 2.19. The number of hydrogen-bond donors (Lipinski definition) is 1. The van der Waals surface area contributed by atoms with E-state index in [-0.39, 0.29) is 0 Å². The zero-order valence-corrected chi connectivity index (χ0v) is 11.6. The van der Waals surface area contributed by atoms with E-state index in [2.05, 4.69) is 48.4 Å². The van der Waals surface area contributed by atoms with Crippen molar-refractivity contribution in [1.29, 1.82) is 0 Å². The Bertz CT molecular complexity index is 499. The maximum Gasteiger partial charge on any atom is 0.147 e. The van der Waals surface area contributed by atoms with Gasteiger partial charge in [0.25, 0.3) is 0 Å². The minimum atomic E-state index is 0.314. The molecule has 2 heterocycles. The standard InChI is InChI=1S/C13H19N3S/c1-9(13(2,3)4)7-14-12-11-10(5-6-17-11)15-8-16-12/h5-6,8-9H,7H2,1-4H3,(H,14,15,16). The fourth-order valence-corrected chi connectivity index (χ4v) is 2.28. The van der Waals surface area contributed by atoms with Crippen molar-refractivity contribution in [2.75, 3.05) is 11.9 Å². The summed E-state index contributed by atoms with van der Waals surface area (Å²) in [6.07, 6.45) is 1.62.